The first kappa shape index (κ1) is 19.3. The number of nitrogens with zero attached hydrogens (tertiary/aromatic N) is 1. The highest BCUT2D eigenvalue weighted by Gasteiger charge is 2.07. The highest BCUT2D eigenvalue weighted by Crippen LogP contribution is 2.31. The standard InChI is InChI=1S/C20H18BrN3O2S/c1-2-26-19-9-8-16(12-18(19)21)24-27-17-7-3-6-15(11-17)23-20(25)14-5-4-10-22-13-14/h3-13,24H,2H2,1H3,(H,23,25). The average molecular weight is 444 g/mol. The van der Waals surface area contributed by atoms with Gasteiger partial charge in [0.1, 0.15) is 5.75 Å². The summed E-state index contributed by atoms with van der Waals surface area (Å²) in [7, 11) is 0. The summed E-state index contributed by atoms with van der Waals surface area (Å²) in [5.74, 6) is 0.627. The van der Waals surface area contributed by atoms with Crippen molar-refractivity contribution in [1.29, 1.82) is 0 Å². The molecule has 5 nitrogen and oxygen atoms in total. The molecule has 0 fully saturated rings. The lowest BCUT2D eigenvalue weighted by atomic mass is 10.2. The lowest BCUT2D eigenvalue weighted by Crippen LogP contribution is -2.11. The zero-order valence-electron chi connectivity index (χ0n) is 14.6. The highest BCUT2D eigenvalue weighted by atomic mass is 79.9. The molecule has 3 aromatic rings. The molecule has 2 aromatic carbocycles. The summed E-state index contributed by atoms with van der Waals surface area (Å²) in [6, 6.07) is 16.9. The van der Waals surface area contributed by atoms with Crippen molar-refractivity contribution in [3.8, 4) is 5.75 Å². The summed E-state index contributed by atoms with van der Waals surface area (Å²) in [6.07, 6.45) is 3.18. The van der Waals surface area contributed by atoms with E-state index in [0.29, 0.717) is 12.2 Å². The number of carbonyl (C=O) groups excluding carboxylic acids is 1. The lowest BCUT2D eigenvalue weighted by Gasteiger charge is -2.10. The zero-order chi connectivity index (χ0) is 19.1. The van der Waals surface area contributed by atoms with Crippen LogP contribution in [0, 0.1) is 0 Å². The van der Waals surface area contributed by atoms with Gasteiger partial charge in [-0.1, -0.05) is 6.07 Å². The minimum absolute atomic E-state index is 0.186. The van der Waals surface area contributed by atoms with E-state index < -0.39 is 0 Å². The van der Waals surface area contributed by atoms with E-state index in [1.54, 1.807) is 24.5 Å². The van der Waals surface area contributed by atoms with Crippen molar-refractivity contribution in [2.45, 2.75) is 11.8 Å². The molecule has 7 heteroatoms. The van der Waals surface area contributed by atoms with Gasteiger partial charge in [-0.05, 0) is 83.3 Å². The smallest absolute Gasteiger partial charge is 0.257 e. The van der Waals surface area contributed by atoms with Gasteiger partial charge in [0, 0.05) is 28.7 Å². The third-order valence-corrected chi connectivity index (χ3v) is 4.98. The van der Waals surface area contributed by atoms with Crippen LogP contribution < -0.4 is 14.8 Å². The van der Waals surface area contributed by atoms with Crippen LogP contribution in [0.1, 0.15) is 17.3 Å². The van der Waals surface area contributed by atoms with Gasteiger partial charge in [0.25, 0.3) is 5.91 Å². The summed E-state index contributed by atoms with van der Waals surface area (Å²) >= 11 is 4.97. The average Bonchev–Trinajstić information content (AvgIpc) is 2.69. The van der Waals surface area contributed by atoms with E-state index >= 15 is 0 Å². The maximum absolute atomic E-state index is 12.2. The van der Waals surface area contributed by atoms with Crippen LogP contribution in [0.2, 0.25) is 0 Å². The number of aromatic nitrogens is 1. The summed E-state index contributed by atoms with van der Waals surface area (Å²) in [4.78, 5) is 17.2. The number of hydrogen-bond acceptors (Lipinski definition) is 5. The molecule has 1 heterocycles. The van der Waals surface area contributed by atoms with Crippen LogP contribution in [0.4, 0.5) is 11.4 Å². The molecule has 138 valence electrons. The van der Waals surface area contributed by atoms with Gasteiger partial charge in [0.05, 0.1) is 16.6 Å². The third-order valence-electron chi connectivity index (χ3n) is 3.53. The fourth-order valence-corrected chi connectivity index (χ4v) is 3.48. The molecule has 3 rings (SSSR count). The second-order valence-corrected chi connectivity index (χ2v) is 7.24. The molecule has 27 heavy (non-hydrogen) atoms. The van der Waals surface area contributed by atoms with Crippen molar-refractivity contribution < 1.29 is 9.53 Å². The number of carbonyl (C=O) groups is 1. The molecule has 0 spiro atoms. The Hall–Kier alpha value is -2.51. The Morgan fingerprint density at radius 1 is 1.15 bits per heavy atom. The van der Waals surface area contributed by atoms with Gasteiger partial charge in [-0.3, -0.25) is 9.78 Å². The SMILES string of the molecule is CCOc1ccc(NSc2cccc(NC(=O)c3cccnc3)c2)cc1Br. The van der Waals surface area contributed by atoms with E-state index in [1.807, 2.05) is 49.4 Å². The molecule has 0 aliphatic carbocycles. The van der Waals surface area contributed by atoms with Crippen molar-refractivity contribution in [1.82, 2.24) is 4.98 Å². The quantitative estimate of drug-likeness (QED) is 0.464. The molecule has 0 aliphatic rings. The summed E-state index contributed by atoms with van der Waals surface area (Å²) in [6.45, 7) is 2.58. The van der Waals surface area contributed by atoms with Crippen molar-refractivity contribution in [3.05, 3.63) is 77.0 Å². The number of hydrogen-bond donors (Lipinski definition) is 2. The second-order valence-electron chi connectivity index (χ2n) is 5.51. The van der Waals surface area contributed by atoms with Crippen LogP contribution in [0.3, 0.4) is 0 Å². The molecule has 0 saturated heterocycles. The number of anilines is 2. The van der Waals surface area contributed by atoms with Crippen molar-refractivity contribution in [3.63, 3.8) is 0 Å². The molecule has 1 aromatic heterocycles. The van der Waals surface area contributed by atoms with E-state index in [2.05, 4.69) is 31.0 Å². The molecule has 0 aliphatic heterocycles. The van der Waals surface area contributed by atoms with Crippen molar-refractivity contribution in [2.24, 2.45) is 0 Å². The molecule has 2 N–H and O–H groups in total. The largest absolute Gasteiger partial charge is 0.493 e. The van der Waals surface area contributed by atoms with Crippen LogP contribution in [0.15, 0.2) is 76.4 Å². The number of benzene rings is 2. The Kier molecular flexibility index (Phi) is 6.73. The first-order valence-corrected chi connectivity index (χ1v) is 9.93. The molecule has 0 radical (unpaired) electrons. The summed E-state index contributed by atoms with van der Waals surface area (Å²) < 4.78 is 9.70. The molecular weight excluding hydrogens is 426 g/mol. The Morgan fingerprint density at radius 2 is 2.04 bits per heavy atom. The lowest BCUT2D eigenvalue weighted by molar-refractivity contribution is 0.102. The van der Waals surface area contributed by atoms with Crippen LogP contribution in [0.25, 0.3) is 0 Å². The minimum atomic E-state index is -0.186. The molecule has 0 saturated carbocycles. The third kappa shape index (κ3) is 5.48. The molecule has 1 amide bonds. The maximum atomic E-state index is 12.2. The highest BCUT2D eigenvalue weighted by molar-refractivity contribution is 9.10. The van der Waals surface area contributed by atoms with Crippen LogP contribution >= 0.6 is 27.9 Å². The zero-order valence-corrected chi connectivity index (χ0v) is 17.0. The number of halogens is 1. The Bertz CT molecular complexity index is 922. The van der Waals surface area contributed by atoms with E-state index in [4.69, 9.17) is 4.74 Å². The van der Waals surface area contributed by atoms with Crippen LogP contribution in [-0.4, -0.2) is 17.5 Å². The first-order chi connectivity index (χ1) is 13.2. The number of rotatable bonds is 7. The van der Waals surface area contributed by atoms with Crippen molar-refractivity contribution in [2.75, 3.05) is 16.6 Å². The monoisotopic (exact) mass is 443 g/mol. The number of amides is 1. The second kappa shape index (κ2) is 9.43. The topological polar surface area (TPSA) is 63.2 Å². The fourth-order valence-electron chi connectivity index (χ4n) is 2.29. The Morgan fingerprint density at radius 3 is 2.78 bits per heavy atom. The Labute approximate surface area is 170 Å². The number of pyridine rings is 1. The fraction of sp³-hybridized carbons (Fsp3) is 0.100. The van der Waals surface area contributed by atoms with Gasteiger partial charge in [-0.2, -0.15) is 0 Å². The van der Waals surface area contributed by atoms with Crippen LogP contribution in [0.5, 0.6) is 5.75 Å². The van der Waals surface area contributed by atoms with Gasteiger partial charge >= 0.3 is 0 Å². The van der Waals surface area contributed by atoms with Crippen LogP contribution in [-0.2, 0) is 0 Å². The number of ether oxygens (including phenoxy) is 1. The molecular formula is C20H18BrN3O2S. The predicted octanol–water partition coefficient (Wildman–Crippen LogP) is 5.61. The van der Waals surface area contributed by atoms with E-state index in [0.717, 1.165) is 26.5 Å². The van der Waals surface area contributed by atoms with E-state index in [9.17, 15) is 4.79 Å². The van der Waals surface area contributed by atoms with Gasteiger partial charge in [-0.25, -0.2) is 0 Å². The van der Waals surface area contributed by atoms with Crippen molar-refractivity contribution >= 4 is 45.2 Å². The van der Waals surface area contributed by atoms with Gasteiger partial charge in [0.15, 0.2) is 0 Å². The maximum Gasteiger partial charge on any atom is 0.257 e. The minimum Gasteiger partial charge on any atom is -0.493 e. The normalized spacial score (nSPS) is 10.3. The van der Waals surface area contributed by atoms with Gasteiger partial charge in [-0.15, -0.1) is 0 Å². The summed E-state index contributed by atoms with van der Waals surface area (Å²) in [5.41, 5.74) is 2.19. The van der Waals surface area contributed by atoms with E-state index in [-0.39, 0.29) is 5.91 Å². The molecule has 0 atom stereocenters. The van der Waals surface area contributed by atoms with Gasteiger partial charge in [0.2, 0.25) is 0 Å². The molecule has 0 unspecified atom stereocenters. The summed E-state index contributed by atoms with van der Waals surface area (Å²) in [5, 5.41) is 2.88. The number of nitrogens with one attached hydrogen (secondary N) is 2. The molecule has 0 bridgehead atoms. The predicted molar refractivity (Wildman–Crippen MR) is 113 cm³/mol. The van der Waals surface area contributed by atoms with E-state index in [1.165, 1.54) is 11.9 Å². The van der Waals surface area contributed by atoms with Gasteiger partial charge < -0.3 is 14.8 Å². The Balaban J connectivity index is 1.62. The first-order valence-electron chi connectivity index (χ1n) is 8.32.